The van der Waals surface area contributed by atoms with Crippen LogP contribution in [0.3, 0.4) is 0 Å². The molecular weight excluding hydrogens is 208 g/mol. The highest BCUT2D eigenvalue weighted by Gasteiger charge is 2.19. The first kappa shape index (κ1) is 14.9. The van der Waals surface area contributed by atoms with Crippen LogP contribution in [0.25, 0.3) is 0 Å². The zero-order chi connectivity index (χ0) is 12.7. The quantitative estimate of drug-likeness (QED) is 0.618. The number of methoxy groups -OCH3 is 1. The maximum absolute atomic E-state index is 11.5. The van der Waals surface area contributed by atoms with Gasteiger partial charge < -0.3 is 9.64 Å². The molecular formula is C11H22N2O3. The molecule has 1 unspecified atom stereocenters. The summed E-state index contributed by atoms with van der Waals surface area (Å²) in [5, 5.41) is 0. The van der Waals surface area contributed by atoms with Crippen molar-refractivity contribution >= 4 is 11.9 Å². The van der Waals surface area contributed by atoms with E-state index in [1.807, 2.05) is 18.7 Å². The molecule has 0 aromatic carbocycles. The van der Waals surface area contributed by atoms with Crippen molar-refractivity contribution in [3.63, 3.8) is 0 Å². The van der Waals surface area contributed by atoms with Crippen molar-refractivity contribution < 1.29 is 14.3 Å². The van der Waals surface area contributed by atoms with Gasteiger partial charge in [-0.05, 0) is 13.5 Å². The molecule has 0 rings (SSSR count). The molecule has 5 nitrogen and oxygen atoms in total. The van der Waals surface area contributed by atoms with Crippen LogP contribution in [0.4, 0.5) is 0 Å². The van der Waals surface area contributed by atoms with Crippen LogP contribution < -0.4 is 0 Å². The molecule has 94 valence electrons. The van der Waals surface area contributed by atoms with Crippen LogP contribution in [-0.2, 0) is 14.3 Å². The minimum atomic E-state index is -0.247. The van der Waals surface area contributed by atoms with E-state index in [2.05, 4.69) is 4.74 Å². The van der Waals surface area contributed by atoms with E-state index >= 15 is 0 Å². The Kier molecular flexibility index (Phi) is 6.72. The van der Waals surface area contributed by atoms with Crippen LogP contribution in [0.5, 0.6) is 0 Å². The van der Waals surface area contributed by atoms with E-state index in [-0.39, 0.29) is 17.9 Å². The van der Waals surface area contributed by atoms with Gasteiger partial charge in [0.15, 0.2) is 0 Å². The van der Waals surface area contributed by atoms with E-state index in [0.717, 1.165) is 6.54 Å². The molecule has 0 N–H and O–H groups in total. The van der Waals surface area contributed by atoms with E-state index in [1.54, 1.807) is 19.0 Å². The number of hydrogen-bond acceptors (Lipinski definition) is 4. The lowest BCUT2D eigenvalue weighted by atomic mass is 10.2. The largest absolute Gasteiger partial charge is 0.469 e. The van der Waals surface area contributed by atoms with Crippen LogP contribution in [0, 0.1) is 0 Å². The molecule has 0 saturated carbocycles. The molecule has 0 heterocycles. The molecule has 1 amide bonds. The van der Waals surface area contributed by atoms with Gasteiger partial charge >= 0.3 is 5.97 Å². The lowest BCUT2D eigenvalue weighted by Gasteiger charge is -2.27. The highest BCUT2D eigenvalue weighted by atomic mass is 16.5. The Morgan fingerprint density at radius 1 is 1.31 bits per heavy atom. The molecule has 0 aliphatic heterocycles. The number of hydrogen-bond donors (Lipinski definition) is 0. The lowest BCUT2D eigenvalue weighted by molar-refractivity contribution is -0.142. The first-order valence-electron chi connectivity index (χ1n) is 5.43. The molecule has 0 bridgehead atoms. The van der Waals surface area contributed by atoms with Crippen molar-refractivity contribution in [3.8, 4) is 0 Å². The highest BCUT2D eigenvalue weighted by Crippen LogP contribution is 2.05. The van der Waals surface area contributed by atoms with E-state index < -0.39 is 0 Å². The Morgan fingerprint density at radius 3 is 2.25 bits per heavy atom. The average Bonchev–Trinajstić information content (AvgIpc) is 2.24. The average molecular weight is 230 g/mol. The van der Waals surface area contributed by atoms with Gasteiger partial charge in [-0.3, -0.25) is 14.5 Å². The Morgan fingerprint density at radius 2 is 1.88 bits per heavy atom. The summed E-state index contributed by atoms with van der Waals surface area (Å²) in [6, 6.07) is 0.0151. The number of likely N-dealkylation sites (N-methyl/N-ethyl adjacent to an activating group) is 2. The minimum Gasteiger partial charge on any atom is -0.469 e. The van der Waals surface area contributed by atoms with Gasteiger partial charge in [0.1, 0.15) is 0 Å². The van der Waals surface area contributed by atoms with Crippen molar-refractivity contribution in [2.75, 3.05) is 34.3 Å². The number of amides is 1. The van der Waals surface area contributed by atoms with Crippen LogP contribution in [0.15, 0.2) is 0 Å². The topological polar surface area (TPSA) is 49.9 Å². The fourth-order valence-corrected chi connectivity index (χ4v) is 1.35. The number of nitrogens with zero attached hydrogens (tertiary/aromatic N) is 2. The molecule has 1 atom stereocenters. The number of carbonyl (C=O) groups excluding carboxylic acids is 2. The van der Waals surface area contributed by atoms with Crippen molar-refractivity contribution in [2.45, 2.75) is 26.3 Å². The van der Waals surface area contributed by atoms with Gasteiger partial charge in [0.05, 0.1) is 20.1 Å². The standard InChI is InChI=1S/C11H22N2O3/c1-6-13(8-10(14)12(3)4)9(2)7-11(15)16-5/h9H,6-8H2,1-5H3. The van der Waals surface area contributed by atoms with Gasteiger partial charge in [-0.1, -0.05) is 6.92 Å². The first-order valence-corrected chi connectivity index (χ1v) is 5.43. The molecule has 0 aromatic rings. The summed E-state index contributed by atoms with van der Waals surface area (Å²) in [6.45, 7) is 4.96. The van der Waals surface area contributed by atoms with Crippen LogP contribution >= 0.6 is 0 Å². The van der Waals surface area contributed by atoms with Crippen LogP contribution in [0.2, 0.25) is 0 Å². The van der Waals surface area contributed by atoms with Gasteiger partial charge in [-0.15, -0.1) is 0 Å². The summed E-state index contributed by atoms with van der Waals surface area (Å²) >= 11 is 0. The zero-order valence-corrected chi connectivity index (χ0v) is 10.8. The maximum Gasteiger partial charge on any atom is 0.307 e. The van der Waals surface area contributed by atoms with Crippen LogP contribution in [-0.4, -0.2) is 62.0 Å². The summed E-state index contributed by atoms with van der Waals surface area (Å²) in [5.74, 6) is -0.207. The van der Waals surface area contributed by atoms with Crippen LogP contribution in [0.1, 0.15) is 20.3 Å². The predicted octanol–water partition coefficient (Wildman–Crippen LogP) is 0.348. The number of carbonyl (C=O) groups is 2. The Labute approximate surface area is 97.3 Å². The first-order chi connectivity index (χ1) is 7.42. The lowest BCUT2D eigenvalue weighted by Crippen LogP contribution is -2.42. The monoisotopic (exact) mass is 230 g/mol. The number of esters is 1. The summed E-state index contributed by atoms with van der Waals surface area (Å²) in [5.41, 5.74) is 0. The second-order valence-electron chi connectivity index (χ2n) is 3.98. The predicted molar refractivity (Wildman–Crippen MR) is 62.0 cm³/mol. The van der Waals surface area contributed by atoms with E-state index in [9.17, 15) is 9.59 Å². The molecule has 0 radical (unpaired) electrons. The molecule has 16 heavy (non-hydrogen) atoms. The molecule has 5 heteroatoms. The van der Waals surface area contributed by atoms with Crippen molar-refractivity contribution in [2.24, 2.45) is 0 Å². The molecule has 0 aliphatic carbocycles. The highest BCUT2D eigenvalue weighted by molar-refractivity contribution is 5.77. The third kappa shape index (κ3) is 5.11. The van der Waals surface area contributed by atoms with Crippen molar-refractivity contribution in [1.29, 1.82) is 0 Å². The molecule has 0 aromatic heterocycles. The molecule has 0 fully saturated rings. The van der Waals surface area contributed by atoms with E-state index in [1.165, 1.54) is 7.11 Å². The zero-order valence-electron chi connectivity index (χ0n) is 10.8. The third-order valence-corrected chi connectivity index (χ3v) is 2.56. The summed E-state index contributed by atoms with van der Waals surface area (Å²) in [7, 11) is 4.82. The Hall–Kier alpha value is -1.10. The van der Waals surface area contributed by atoms with Gasteiger partial charge in [-0.25, -0.2) is 0 Å². The van der Waals surface area contributed by atoms with Crippen molar-refractivity contribution in [1.82, 2.24) is 9.80 Å². The van der Waals surface area contributed by atoms with Gasteiger partial charge in [0, 0.05) is 20.1 Å². The normalized spacial score (nSPS) is 12.4. The fraction of sp³-hybridized carbons (Fsp3) is 0.818. The van der Waals surface area contributed by atoms with Gasteiger partial charge in [0.2, 0.25) is 5.91 Å². The fourth-order valence-electron chi connectivity index (χ4n) is 1.35. The van der Waals surface area contributed by atoms with E-state index in [4.69, 9.17) is 0 Å². The summed E-state index contributed by atoms with van der Waals surface area (Å²) < 4.78 is 4.61. The molecule has 0 spiro atoms. The Bertz CT molecular complexity index is 241. The van der Waals surface area contributed by atoms with E-state index in [0.29, 0.717) is 13.0 Å². The Balaban J connectivity index is 4.26. The minimum absolute atomic E-state index is 0.0151. The third-order valence-electron chi connectivity index (χ3n) is 2.56. The molecule has 0 aliphatic rings. The second-order valence-corrected chi connectivity index (χ2v) is 3.98. The summed E-state index contributed by atoms with van der Waals surface area (Å²) in [6.07, 6.45) is 0.311. The SMILES string of the molecule is CCN(CC(=O)N(C)C)C(C)CC(=O)OC. The second kappa shape index (κ2) is 7.22. The van der Waals surface area contributed by atoms with Gasteiger partial charge in [0.25, 0.3) is 0 Å². The van der Waals surface area contributed by atoms with Gasteiger partial charge in [-0.2, -0.15) is 0 Å². The number of rotatable bonds is 6. The number of ether oxygens (including phenoxy) is 1. The van der Waals surface area contributed by atoms with Crippen molar-refractivity contribution in [3.05, 3.63) is 0 Å². The molecule has 0 saturated heterocycles. The summed E-state index contributed by atoms with van der Waals surface area (Å²) in [4.78, 5) is 26.2. The maximum atomic E-state index is 11.5. The smallest absolute Gasteiger partial charge is 0.307 e.